The number of nitrogens with zero attached hydrogens (tertiary/aromatic N) is 2. The van der Waals surface area contributed by atoms with Gasteiger partial charge >= 0.3 is 0 Å². The van der Waals surface area contributed by atoms with E-state index in [0.717, 1.165) is 32.6 Å². The molecule has 0 aromatic carbocycles. The zero-order valence-electron chi connectivity index (χ0n) is 16.2. The standard InChI is InChI=1S/C18H37N2O2.Y/c1-8-16(2,3)19-10-12-20(13-11-19)17(4,5)15-22-18(6,7)9-14-21;/h21H,1,8-15H2,2-7H3;/q-1;. The van der Waals surface area contributed by atoms with Gasteiger partial charge in [0.25, 0.3) is 0 Å². The SMILES string of the molecule is [CH2-]CC(C)(C)N1CCN(C(C)(C)COC(C)(C)CCO)CC1.[Y]. The molecule has 1 fully saturated rings. The third kappa shape index (κ3) is 7.37. The first-order valence-corrected chi connectivity index (χ1v) is 8.58. The Kier molecular flexibility index (Phi) is 9.98. The van der Waals surface area contributed by atoms with Crippen LogP contribution in [0.15, 0.2) is 0 Å². The fourth-order valence-corrected chi connectivity index (χ4v) is 2.88. The maximum Gasteiger partial charge on any atom is 0.0652 e. The Morgan fingerprint density at radius 2 is 1.35 bits per heavy atom. The smallest absolute Gasteiger partial charge is 0.0652 e. The summed E-state index contributed by atoms with van der Waals surface area (Å²) in [6, 6.07) is 0. The molecule has 0 saturated carbocycles. The first-order chi connectivity index (χ1) is 10.0. The van der Waals surface area contributed by atoms with E-state index in [1.54, 1.807) is 0 Å². The Labute approximate surface area is 169 Å². The molecule has 0 aliphatic carbocycles. The molecule has 0 atom stereocenters. The van der Waals surface area contributed by atoms with Crippen LogP contribution in [0, 0.1) is 6.92 Å². The minimum atomic E-state index is -0.260. The van der Waals surface area contributed by atoms with Crippen molar-refractivity contribution in [1.29, 1.82) is 0 Å². The Morgan fingerprint density at radius 1 is 0.913 bits per heavy atom. The van der Waals surface area contributed by atoms with Crippen molar-refractivity contribution < 1.29 is 42.6 Å². The summed E-state index contributed by atoms with van der Waals surface area (Å²) in [5, 5.41) is 9.11. The van der Waals surface area contributed by atoms with Crippen LogP contribution in [0.3, 0.4) is 0 Å². The molecule has 1 saturated heterocycles. The van der Waals surface area contributed by atoms with E-state index in [9.17, 15) is 0 Å². The van der Waals surface area contributed by atoms with Crippen LogP contribution in [0.25, 0.3) is 0 Å². The number of piperazine rings is 1. The van der Waals surface area contributed by atoms with Crippen molar-refractivity contribution in [3.8, 4) is 0 Å². The first kappa shape index (κ1) is 23.9. The average Bonchev–Trinajstić information content (AvgIpc) is 2.45. The van der Waals surface area contributed by atoms with Crippen LogP contribution >= 0.6 is 0 Å². The number of aliphatic hydroxyl groups excluding tert-OH is 1. The molecule has 135 valence electrons. The zero-order valence-corrected chi connectivity index (χ0v) is 19.0. The van der Waals surface area contributed by atoms with Gasteiger partial charge in [-0.25, -0.2) is 0 Å². The maximum atomic E-state index is 9.11. The van der Waals surface area contributed by atoms with Gasteiger partial charge in [-0.3, -0.25) is 9.80 Å². The van der Waals surface area contributed by atoms with Gasteiger partial charge in [0.05, 0.1) is 12.2 Å². The summed E-state index contributed by atoms with van der Waals surface area (Å²) in [4.78, 5) is 5.07. The Hall–Kier alpha value is 0.944. The van der Waals surface area contributed by atoms with Crippen molar-refractivity contribution in [2.75, 3.05) is 39.4 Å². The largest absolute Gasteiger partial charge is 0.396 e. The average molecular weight is 402 g/mol. The van der Waals surface area contributed by atoms with Gasteiger partial charge in [-0.2, -0.15) is 6.42 Å². The van der Waals surface area contributed by atoms with Crippen LogP contribution in [-0.4, -0.2) is 71.0 Å². The van der Waals surface area contributed by atoms with Crippen LogP contribution < -0.4 is 0 Å². The van der Waals surface area contributed by atoms with Crippen molar-refractivity contribution >= 4 is 0 Å². The van der Waals surface area contributed by atoms with Gasteiger partial charge in [-0.1, -0.05) is 0 Å². The molecule has 1 rings (SSSR count). The zero-order chi connectivity index (χ0) is 17.0. The molecule has 1 aliphatic heterocycles. The topological polar surface area (TPSA) is 35.9 Å². The summed E-state index contributed by atoms with van der Waals surface area (Å²) >= 11 is 0. The van der Waals surface area contributed by atoms with Crippen LogP contribution in [0.2, 0.25) is 0 Å². The molecular formula is C18H37N2O2Y-. The van der Waals surface area contributed by atoms with E-state index < -0.39 is 0 Å². The van der Waals surface area contributed by atoms with Gasteiger partial charge in [0.2, 0.25) is 0 Å². The summed E-state index contributed by atoms with van der Waals surface area (Å²) in [5.41, 5.74) is -0.0486. The van der Waals surface area contributed by atoms with Crippen molar-refractivity contribution in [3.63, 3.8) is 0 Å². The second-order valence-corrected chi connectivity index (χ2v) is 8.37. The molecule has 1 aliphatic rings. The van der Waals surface area contributed by atoms with E-state index >= 15 is 0 Å². The van der Waals surface area contributed by atoms with Crippen LogP contribution in [0.1, 0.15) is 54.4 Å². The van der Waals surface area contributed by atoms with Crippen molar-refractivity contribution in [3.05, 3.63) is 6.92 Å². The second-order valence-electron chi connectivity index (χ2n) is 8.37. The summed E-state index contributed by atoms with van der Waals surface area (Å²) < 4.78 is 6.08. The van der Waals surface area contributed by atoms with Crippen LogP contribution in [-0.2, 0) is 37.4 Å². The molecule has 0 aromatic heterocycles. The molecule has 1 N–H and O–H groups in total. The maximum absolute atomic E-state index is 9.11. The van der Waals surface area contributed by atoms with Gasteiger partial charge in [0.15, 0.2) is 0 Å². The number of ether oxygens (including phenoxy) is 1. The monoisotopic (exact) mass is 402 g/mol. The van der Waals surface area contributed by atoms with E-state index in [1.165, 1.54) is 0 Å². The van der Waals surface area contributed by atoms with Crippen LogP contribution in [0.4, 0.5) is 0 Å². The third-order valence-corrected chi connectivity index (χ3v) is 5.13. The Bertz CT molecular complexity index is 338. The van der Waals surface area contributed by atoms with Crippen molar-refractivity contribution in [1.82, 2.24) is 9.80 Å². The first-order valence-electron chi connectivity index (χ1n) is 8.58. The van der Waals surface area contributed by atoms with E-state index in [0.29, 0.717) is 13.0 Å². The summed E-state index contributed by atoms with van der Waals surface area (Å²) in [6.45, 7) is 22.4. The van der Waals surface area contributed by atoms with E-state index in [1.807, 2.05) is 13.8 Å². The predicted molar refractivity (Wildman–Crippen MR) is 93.0 cm³/mol. The molecular weight excluding hydrogens is 365 g/mol. The summed E-state index contributed by atoms with van der Waals surface area (Å²) in [7, 11) is 0. The van der Waals surface area contributed by atoms with E-state index in [4.69, 9.17) is 9.84 Å². The molecule has 0 unspecified atom stereocenters. The predicted octanol–water partition coefficient (Wildman–Crippen LogP) is 2.56. The molecule has 23 heavy (non-hydrogen) atoms. The van der Waals surface area contributed by atoms with Crippen LogP contribution in [0.5, 0.6) is 0 Å². The van der Waals surface area contributed by atoms with E-state index in [-0.39, 0.29) is 56.0 Å². The Morgan fingerprint density at radius 3 is 1.74 bits per heavy atom. The normalized spacial score (nSPS) is 18.8. The Balaban J connectivity index is 0.00000484. The number of rotatable bonds is 8. The fourth-order valence-electron chi connectivity index (χ4n) is 2.88. The third-order valence-electron chi connectivity index (χ3n) is 5.13. The molecule has 1 heterocycles. The van der Waals surface area contributed by atoms with Gasteiger partial charge in [0.1, 0.15) is 0 Å². The quantitative estimate of drug-likeness (QED) is 0.633. The minimum absolute atomic E-state index is 0. The number of aliphatic hydroxyl groups is 1. The number of hydrogen-bond donors (Lipinski definition) is 1. The fraction of sp³-hybridized carbons (Fsp3) is 0.944. The second kappa shape index (κ2) is 9.59. The van der Waals surface area contributed by atoms with Gasteiger partial charge < -0.3 is 16.8 Å². The summed E-state index contributed by atoms with van der Waals surface area (Å²) in [5.74, 6) is 0. The number of hydrogen-bond acceptors (Lipinski definition) is 4. The molecule has 0 spiro atoms. The van der Waals surface area contributed by atoms with E-state index in [2.05, 4.69) is 44.4 Å². The molecule has 0 amide bonds. The van der Waals surface area contributed by atoms with Gasteiger partial charge in [-0.05, 0) is 53.5 Å². The molecule has 4 nitrogen and oxygen atoms in total. The molecule has 1 radical (unpaired) electrons. The minimum Gasteiger partial charge on any atom is -0.396 e. The summed E-state index contributed by atoms with van der Waals surface area (Å²) in [6.07, 6.45) is 1.61. The van der Waals surface area contributed by atoms with Crippen molar-refractivity contribution in [2.45, 2.75) is 71.1 Å². The molecule has 0 bridgehead atoms. The molecule has 5 heteroatoms. The van der Waals surface area contributed by atoms with Crippen molar-refractivity contribution in [2.24, 2.45) is 0 Å². The molecule has 0 aromatic rings. The van der Waals surface area contributed by atoms with Gasteiger partial charge in [-0.15, -0.1) is 0 Å². The van der Waals surface area contributed by atoms with Gasteiger partial charge in [0, 0.05) is 71.0 Å².